The SMILES string of the molecule is OC(Cc1ccc2ccccc2c1)c1cnccn1. The highest BCUT2D eigenvalue weighted by atomic mass is 16.3. The van der Waals surface area contributed by atoms with E-state index in [2.05, 4.69) is 34.2 Å². The van der Waals surface area contributed by atoms with Crippen LogP contribution in [0.1, 0.15) is 17.4 Å². The van der Waals surface area contributed by atoms with E-state index in [1.807, 2.05) is 18.2 Å². The number of aliphatic hydroxyl groups is 1. The summed E-state index contributed by atoms with van der Waals surface area (Å²) in [5, 5.41) is 12.5. The van der Waals surface area contributed by atoms with Crippen LogP contribution in [0.5, 0.6) is 0 Å². The largest absolute Gasteiger partial charge is 0.386 e. The summed E-state index contributed by atoms with van der Waals surface area (Å²) in [4.78, 5) is 8.10. The monoisotopic (exact) mass is 250 g/mol. The Balaban J connectivity index is 1.85. The zero-order valence-corrected chi connectivity index (χ0v) is 10.4. The molecule has 0 amide bonds. The standard InChI is InChI=1S/C16H14N2O/c19-16(15-11-17-7-8-18-15)10-12-5-6-13-3-1-2-4-14(13)9-12/h1-9,11,16,19H,10H2. The Labute approximate surface area is 111 Å². The number of hydrogen-bond donors (Lipinski definition) is 1. The van der Waals surface area contributed by atoms with Crippen molar-refractivity contribution in [3.63, 3.8) is 0 Å². The van der Waals surface area contributed by atoms with Crippen molar-refractivity contribution in [2.45, 2.75) is 12.5 Å². The number of benzene rings is 2. The number of aliphatic hydroxyl groups excluding tert-OH is 1. The Hall–Kier alpha value is -2.26. The van der Waals surface area contributed by atoms with Gasteiger partial charge in [-0.05, 0) is 16.3 Å². The van der Waals surface area contributed by atoms with E-state index in [0.717, 1.165) is 5.56 Å². The quantitative estimate of drug-likeness (QED) is 0.777. The van der Waals surface area contributed by atoms with Crippen molar-refractivity contribution in [2.75, 3.05) is 0 Å². The second kappa shape index (κ2) is 5.16. The van der Waals surface area contributed by atoms with E-state index >= 15 is 0 Å². The normalized spacial score (nSPS) is 12.5. The summed E-state index contributed by atoms with van der Waals surface area (Å²) in [6.45, 7) is 0. The summed E-state index contributed by atoms with van der Waals surface area (Å²) in [6, 6.07) is 14.4. The van der Waals surface area contributed by atoms with Crippen LogP contribution in [0.15, 0.2) is 61.1 Å². The van der Waals surface area contributed by atoms with Gasteiger partial charge in [0.25, 0.3) is 0 Å². The topological polar surface area (TPSA) is 46.0 Å². The first kappa shape index (κ1) is 11.8. The van der Waals surface area contributed by atoms with E-state index in [-0.39, 0.29) is 0 Å². The summed E-state index contributed by atoms with van der Waals surface area (Å²) >= 11 is 0. The van der Waals surface area contributed by atoms with Gasteiger partial charge in [-0.25, -0.2) is 0 Å². The molecule has 19 heavy (non-hydrogen) atoms. The molecular weight excluding hydrogens is 236 g/mol. The molecule has 0 saturated carbocycles. The van der Waals surface area contributed by atoms with Crippen LogP contribution in [0.3, 0.4) is 0 Å². The van der Waals surface area contributed by atoms with Crippen LogP contribution >= 0.6 is 0 Å². The van der Waals surface area contributed by atoms with Crippen molar-refractivity contribution in [3.05, 3.63) is 72.3 Å². The second-order valence-electron chi connectivity index (χ2n) is 4.53. The summed E-state index contributed by atoms with van der Waals surface area (Å²) in [5.41, 5.74) is 1.70. The first-order chi connectivity index (χ1) is 9.33. The van der Waals surface area contributed by atoms with Crippen molar-refractivity contribution in [2.24, 2.45) is 0 Å². The highest BCUT2D eigenvalue weighted by Gasteiger charge is 2.10. The summed E-state index contributed by atoms with van der Waals surface area (Å²) in [5.74, 6) is 0. The molecule has 0 saturated heterocycles. The molecule has 0 aliphatic carbocycles. The highest BCUT2D eigenvalue weighted by Crippen LogP contribution is 2.20. The minimum absolute atomic E-state index is 0.545. The molecule has 0 spiro atoms. The molecule has 3 aromatic rings. The molecule has 1 unspecified atom stereocenters. The van der Waals surface area contributed by atoms with Crippen molar-refractivity contribution >= 4 is 10.8 Å². The van der Waals surface area contributed by atoms with Crippen LogP contribution in [0.4, 0.5) is 0 Å². The summed E-state index contributed by atoms with van der Waals surface area (Å²) in [7, 11) is 0. The van der Waals surface area contributed by atoms with Crippen molar-refractivity contribution < 1.29 is 5.11 Å². The number of aromatic nitrogens is 2. The fourth-order valence-electron chi connectivity index (χ4n) is 2.18. The molecular formula is C16H14N2O. The number of rotatable bonds is 3. The van der Waals surface area contributed by atoms with Gasteiger partial charge in [0.1, 0.15) is 6.10 Å². The van der Waals surface area contributed by atoms with E-state index in [9.17, 15) is 5.11 Å². The molecule has 0 aliphatic heterocycles. The van der Waals surface area contributed by atoms with E-state index in [4.69, 9.17) is 0 Å². The molecule has 1 heterocycles. The van der Waals surface area contributed by atoms with Crippen LogP contribution < -0.4 is 0 Å². The molecule has 0 radical (unpaired) electrons. The van der Waals surface area contributed by atoms with Crippen molar-refractivity contribution in [1.29, 1.82) is 0 Å². The van der Waals surface area contributed by atoms with Gasteiger partial charge in [0.2, 0.25) is 0 Å². The van der Waals surface area contributed by atoms with Crippen LogP contribution in [-0.4, -0.2) is 15.1 Å². The van der Waals surface area contributed by atoms with Gasteiger partial charge < -0.3 is 5.11 Å². The van der Waals surface area contributed by atoms with Gasteiger partial charge in [0.15, 0.2) is 0 Å². The molecule has 1 aromatic heterocycles. The lowest BCUT2D eigenvalue weighted by Crippen LogP contribution is -2.04. The van der Waals surface area contributed by atoms with Gasteiger partial charge in [-0.15, -0.1) is 0 Å². The van der Waals surface area contributed by atoms with E-state index < -0.39 is 6.10 Å². The van der Waals surface area contributed by atoms with Crippen molar-refractivity contribution in [3.8, 4) is 0 Å². The Morgan fingerprint density at radius 2 is 1.84 bits per heavy atom. The third-order valence-electron chi connectivity index (χ3n) is 3.17. The molecule has 2 aromatic carbocycles. The van der Waals surface area contributed by atoms with Gasteiger partial charge >= 0.3 is 0 Å². The van der Waals surface area contributed by atoms with Gasteiger partial charge in [-0.2, -0.15) is 0 Å². The van der Waals surface area contributed by atoms with Gasteiger partial charge in [-0.1, -0.05) is 42.5 Å². The van der Waals surface area contributed by atoms with Gasteiger partial charge in [-0.3, -0.25) is 9.97 Å². The molecule has 94 valence electrons. The van der Waals surface area contributed by atoms with Crippen LogP contribution in [-0.2, 0) is 6.42 Å². The lowest BCUT2D eigenvalue weighted by molar-refractivity contribution is 0.173. The first-order valence-corrected chi connectivity index (χ1v) is 6.24. The molecule has 3 nitrogen and oxygen atoms in total. The van der Waals surface area contributed by atoms with E-state index in [1.54, 1.807) is 18.6 Å². The Morgan fingerprint density at radius 3 is 2.63 bits per heavy atom. The smallest absolute Gasteiger partial charge is 0.102 e. The zero-order chi connectivity index (χ0) is 13.1. The summed E-state index contributed by atoms with van der Waals surface area (Å²) < 4.78 is 0. The lowest BCUT2D eigenvalue weighted by Gasteiger charge is -2.10. The molecule has 1 atom stereocenters. The fraction of sp³-hybridized carbons (Fsp3) is 0.125. The molecule has 0 bridgehead atoms. The third-order valence-corrected chi connectivity index (χ3v) is 3.17. The van der Waals surface area contributed by atoms with Gasteiger partial charge in [0.05, 0.1) is 11.9 Å². The predicted molar refractivity (Wildman–Crippen MR) is 74.6 cm³/mol. The fourth-order valence-corrected chi connectivity index (χ4v) is 2.18. The maximum Gasteiger partial charge on any atom is 0.102 e. The number of nitrogens with zero attached hydrogens (tertiary/aromatic N) is 2. The second-order valence-corrected chi connectivity index (χ2v) is 4.53. The average molecular weight is 250 g/mol. The van der Waals surface area contributed by atoms with Crippen LogP contribution in [0, 0.1) is 0 Å². The number of hydrogen-bond acceptors (Lipinski definition) is 3. The molecule has 1 N–H and O–H groups in total. The Morgan fingerprint density at radius 1 is 1.00 bits per heavy atom. The van der Waals surface area contributed by atoms with Crippen molar-refractivity contribution in [1.82, 2.24) is 9.97 Å². The van der Waals surface area contributed by atoms with Gasteiger partial charge in [0, 0.05) is 18.8 Å². The number of fused-ring (bicyclic) bond motifs is 1. The molecule has 3 heteroatoms. The molecule has 0 fully saturated rings. The maximum atomic E-state index is 10.1. The molecule has 0 aliphatic rings. The van der Waals surface area contributed by atoms with E-state index in [1.165, 1.54) is 10.8 Å². The molecule has 3 rings (SSSR count). The summed E-state index contributed by atoms with van der Waals surface area (Å²) in [6.07, 6.45) is 4.73. The highest BCUT2D eigenvalue weighted by molar-refractivity contribution is 5.82. The zero-order valence-electron chi connectivity index (χ0n) is 10.4. The Bertz CT molecular complexity index is 682. The average Bonchev–Trinajstić information content (AvgIpc) is 2.48. The Kier molecular flexibility index (Phi) is 3.21. The lowest BCUT2D eigenvalue weighted by atomic mass is 10.0. The predicted octanol–water partition coefficient (Wildman–Crippen LogP) is 2.91. The maximum absolute atomic E-state index is 10.1. The van der Waals surface area contributed by atoms with Crippen LogP contribution in [0.2, 0.25) is 0 Å². The first-order valence-electron chi connectivity index (χ1n) is 6.24. The minimum atomic E-state index is -0.616. The van der Waals surface area contributed by atoms with Crippen LogP contribution in [0.25, 0.3) is 10.8 Å². The van der Waals surface area contributed by atoms with E-state index in [0.29, 0.717) is 12.1 Å². The minimum Gasteiger partial charge on any atom is -0.386 e. The third kappa shape index (κ3) is 2.61.